The number of amides is 1. The van der Waals surface area contributed by atoms with Crippen molar-refractivity contribution in [3.63, 3.8) is 0 Å². The molecule has 1 amide bonds. The van der Waals surface area contributed by atoms with E-state index >= 15 is 0 Å². The lowest BCUT2D eigenvalue weighted by atomic mass is 10.0. The van der Waals surface area contributed by atoms with E-state index in [1.54, 1.807) is 10.9 Å². The molecule has 6 heteroatoms. The number of benzene rings is 1. The summed E-state index contributed by atoms with van der Waals surface area (Å²) in [5, 5.41) is 8.27. The molecule has 5 nitrogen and oxygen atoms in total. The number of halogens is 1. The first-order valence-electron chi connectivity index (χ1n) is 8.99. The van der Waals surface area contributed by atoms with Crippen LogP contribution in [0.25, 0.3) is 5.69 Å². The van der Waals surface area contributed by atoms with Crippen LogP contribution in [0, 0.1) is 12.8 Å². The topological polar surface area (TPSA) is 59.8 Å². The zero-order valence-electron chi connectivity index (χ0n) is 15.7. The summed E-state index contributed by atoms with van der Waals surface area (Å²) in [6.45, 7) is 6.49. The maximum atomic E-state index is 12.9. The molecular formula is C21H23ClN4O. The number of nitrogens with one attached hydrogen (secondary N) is 1. The van der Waals surface area contributed by atoms with Gasteiger partial charge in [-0.05, 0) is 43.5 Å². The predicted molar refractivity (Wildman–Crippen MR) is 107 cm³/mol. The van der Waals surface area contributed by atoms with Crippen molar-refractivity contribution in [1.82, 2.24) is 20.1 Å². The largest absolute Gasteiger partial charge is 0.346 e. The van der Waals surface area contributed by atoms with Crippen molar-refractivity contribution >= 4 is 17.5 Å². The Bertz CT molecular complexity index is 935. The normalized spacial score (nSPS) is 11.0. The van der Waals surface area contributed by atoms with Gasteiger partial charge in [0, 0.05) is 6.20 Å². The molecule has 3 rings (SSSR count). The molecule has 0 bridgehead atoms. The molecule has 3 aromatic rings. The molecule has 0 atom stereocenters. The molecule has 1 N–H and O–H groups in total. The molecule has 27 heavy (non-hydrogen) atoms. The van der Waals surface area contributed by atoms with Crippen LogP contribution < -0.4 is 5.32 Å². The zero-order chi connectivity index (χ0) is 19.4. The van der Waals surface area contributed by atoms with Crippen LogP contribution in [-0.2, 0) is 13.0 Å². The van der Waals surface area contributed by atoms with E-state index in [2.05, 4.69) is 24.1 Å². The Hall–Kier alpha value is -2.66. The third-order valence-electron chi connectivity index (χ3n) is 4.25. The number of aromatic nitrogens is 3. The predicted octanol–water partition coefficient (Wildman–Crippen LogP) is 4.36. The lowest BCUT2D eigenvalue weighted by molar-refractivity contribution is 0.0948. The van der Waals surface area contributed by atoms with Gasteiger partial charge in [0.2, 0.25) is 0 Å². The van der Waals surface area contributed by atoms with Crippen molar-refractivity contribution in [3.05, 3.63) is 76.3 Å². The number of para-hydroxylation sites is 1. The number of hydrogen-bond donors (Lipinski definition) is 1. The first-order chi connectivity index (χ1) is 13.0. The summed E-state index contributed by atoms with van der Waals surface area (Å²) in [6, 6.07) is 13.1. The molecular weight excluding hydrogens is 360 g/mol. The van der Waals surface area contributed by atoms with Gasteiger partial charge in [-0.25, -0.2) is 4.68 Å². The minimum Gasteiger partial charge on any atom is -0.346 e. The van der Waals surface area contributed by atoms with Crippen molar-refractivity contribution in [1.29, 1.82) is 0 Å². The van der Waals surface area contributed by atoms with Crippen molar-refractivity contribution in [2.45, 2.75) is 33.7 Å². The maximum absolute atomic E-state index is 12.9. The lowest BCUT2D eigenvalue weighted by Gasteiger charge is -2.08. The zero-order valence-corrected chi connectivity index (χ0v) is 16.5. The highest BCUT2D eigenvalue weighted by Crippen LogP contribution is 2.25. The van der Waals surface area contributed by atoms with Gasteiger partial charge in [0.1, 0.15) is 0 Å². The van der Waals surface area contributed by atoms with Crippen LogP contribution in [0.5, 0.6) is 0 Å². The molecule has 0 saturated heterocycles. The van der Waals surface area contributed by atoms with Gasteiger partial charge in [0.25, 0.3) is 5.91 Å². The number of hydrogen-bond acceptors (Lipinski definition) is 3. The molecule has 0 radical (unpaired) electrons. The highest BCUT2D eigenvalue weighted by atomic mass is 35.5. The Morgan fingerprint density at radius 3 is 2.59 bits per heavy atom. The third-order valence-corrected chi connectivity index (χ3v) is 4.57. The van der Waals surface area contributed by atoms with Crippen molar-refractivity contribution in [3.8, 4) is 5.69 Å². The van der Waals surface area contributed by atoms with Crippen LogP contribution >= 0.6 is 11.6 Å². The van der Waals surface area contributed by atoms with Crippen LogP contribution in [0.1, 0.15) is 41.3 Å². The third kappa shape index (κ3) is 4.37. The fourth-order valence-corrected chi connectivity index (χ4v) is 3.22. The van der Waals surface area contributed by atoms with Gasteiger partial charge in [-0.1, -0.05) is 43.6 Å². The molecule has 0 saturated carbocycles. The van der Waals surface area contributed by atoms with E-state index in [1.807, 2.05) is 49.4 Å². The molecule has 0 aliphatic rings. The maximum Gasteiger partial charge on any atom is 0.255 e. The van der Waals surface area contributed by atoms with Gasteiger partial charge >= 0.3 is 0 Å². The van der Waals surface area contributed by atoms with E-state index in [1.165, 1.54) is 0 Å². The van der Waals surface area contributed by atoms with Gasteiger partial charge in [-0.2, -0.15) is 5.10 Å². The monoisotopic (exact) mass is 382 g/mol. The number of nitrogens with zero attached hydrogens (tertiary/aromatic N) is 3. The fraction of sp³-hybridized carbons (Fsp3) is 0.286. The van der Waals surface area contributed by atoms with E-state index < -0.39 is 0 Å². The molecule has 140 valence electrons. The molecule has 1 aromatic carbocycles. The summed E-state index contributed by atoms with van der Waals surface area (Å²) >= 11 is 6.35. The van der Waals surface area contributed by atoms with Crippen LogP contribution in [0.4, 0.5) is 0 Å². The Morgan fingerprint density at radius 2 is 1.93 bits per heavy atom. The van der Waals surface area contributed by atoms with E-state index in [9.17, 15) is 4.79 Å². The summed E-state index contributed by atoms with van der Waals surface area (Å²) in [7, 11) is 0. The minimum absolute atomic E-state index is 0.146. The number of rotatable bonds is 6. The lowest BCUT2D eigenvalue weighted by Crippen LogP contribution is -2.25. The second-order valence-electron chi connectivity index (χ2n) is 6.87. The van der Waals surface area contributed by atoms with E-state index in [-0.39, 0.29) is 5.91 Å². The summed E-state index contributed by atoms with van der Waals surface area (Å²) in [4.78, 5) is 17.2. The first kappa shape index (κ1) is 19.1. The Kier molecular flexibility index (Phi) is 5.91. The minimum atomic E-state index is -0.146. The smallest absolute Gasteiger partial charge is 0.255 e. The van der Waals surface area contributed by atoms with Gasteiger partial charge in [0.05, 0.1) is 39.9 Å². The average molecular weight is 383 g/mol. The molecule has 0 aliphatic carbocycles. The molecule has 0 spiro atoms. The number of carbonyl (C=O) groups is 1. The SMILES string of the molecule is Cc1c(C(=O)NCc2ccccn2)c(CC(C)C)nn1-c1ccccc1Cl. The van der Waals surface area contributed by atoms with E-state index in [4.69, 9.17) is 16.7 Å². The van der Waals surface area contributed by atoms with Crippen LogP contribution in [0.3, 0.4) is 0 Å². The van der Waals surface area contributed by atoms with E-state index in [0.29, 0.717) is 29.5 Å². The van der Waals surface area contributed by atoms with Crippen molar-refractivity contribution in [2.24, 2.45) is 5.92 Å². The van der Waals surface area contributed by atoms with Crippen LogP contribution in [0.15, 0.2) is 48.7 Å². The summed E-state index contributed by atoms with van der Waals surface area (Å²) in [5.41, 5.74) is 3.75. The van der Waals surface area contributed by atoms with Crippen molar-refractivity contribution in [2.75, 3.05) is 0 Å². The summed E-state index contributed by atoms with van der Waals surface area (Å²) < 4.78 is 1.76. The van der Waals surface area contributed by atoms with Gasteiger partial charge < -0.3 is 5.32 Å². The highest BCUT2D eigenvalue weighted by Gasteiger charge is 2.23. The summed E-state index contributed by atoms with van der Waals surface area (Å²) in [6.07, 6.45) is 2.43. The highest BCUT2D eigenvalue weighted by molar-refractivity contribution is 6.32. The number of carbonyl (C=O) groups excluding carboxylic acids is 1. The molecule has 0 unspecified atom stereocenters. The van der Waals surface area contributed by atoms with Crippen molar-refractivity contribution < 1.29 is 4.79 Å². The Labute approximate surface area is 164 Å². The Morgan fingerprint density at radius 1 is 1.19 bits per heavy atom. The number of pyridine rings is 1. The fourth-order valence-electron chi connectivity index (χ4n) is 3.01. The average Bonchev–Trinajstić information content (AvgIpc) is 2.96. The quantitative estimate of drug-likeness (QED) is 0.689. The Balaban J connectivity index is 1.95. The first-order valence-corrected chi connectivity index (χ1v) is 9.36. The van der Waals surface area contributed by atoms with Crippen LogP contribution in [-0.4, -0.2) is 20.7 Å². The van der Waals surface area contributed by atoms with Gasteiger partial charge in [0.15, 0.2) is 0 Å². The molecule has 0 fully saturated rings. The second kappa shape index (κ2) is 8.35. The molecule has 2 aromatic heterocycles. The van der Waals surface area contributed by atoms with E-state index in [0.717, 1.165) is 22.8 Å². The molecule has 2 heterocycles. The summed E-state index contributed by atoms with van der Waals surface area (Å²) in [5.74, 6) is 0.230. The molecule has 0 aliphatic heterocycles. The van der Waals surface area contributed by atoms with Crippen LogP contribution in [0.2, 0.25) is 5.02 Å². The van der Waals surface area contributed by atoms with Gasteiger partial charge in [-0.3, -0.25) is 9.78 Å². The standard InChI is InChI=1S/C21H23ClN4O/c1-14(2)12-18-20(21(27)24-13-16-8-6-7-11-23-16)15(3)26(25-18)19-10-5-4-9-17(19)22/h4-11,14H,12-13H2,1-3H3,(H,24,27). The van der Waals surface area contributed by atoms with Gasteiger partial charge in [-0.15, -0.1) is 0 Å². The second-order valence-corrected chi connectivity index (χ2v) is 7.28.